The molecule has 0 unspecified atom stereocenters. The van der Waals surface area contributed by atoms with Crippen molar-refractivity contribution in [3.05, 3.63) is 18.6 Å². The summed E-state index contributed by atoms with van der Waals surface area (Å²) in [5.74, 6) is -0.940. The summed E-state index contributed by atoms with van der Waals surface area (Å²) in [5.41, 5.74) is 4.11. The number of alkyl halides is 1. The van der Waals surface area contributed by atoms with Gasteiger partial charge in [-0.3, -0.25) is 4.57 Å². The third-order valence-corrected chi connectivity index (χ3v) is 4.41. The van der Waals surface area contributed by atoms with Crippen LogP contribution in [0.25, 0.3) is 11.2 Å². The standard InChI is InChI=1S/C17H20FN5O5/c1-3-6-21-15(25)27-13-16(26,4-2)14(28-17(13,18)8-24)23-9-22-11-10(19)5-7-20-12(11)23/h2,5,7,9,13-14,24,26H,3,6,8H2,1H3,(H2,19,20)(H,21,25)/t13-,14+,16+,17+/m0/s1. The Morgan fingerprint density at radius 2 is 2.36 bits per heavy atom. The molecule has 5 N–H and O–H groups in total. The SMILES string of the molecule is C#C[C@]1(O)[C@H](n2cnc3c(N)ccnc32)O[C@](F)(CO)[C@H]1OC(=O)NCCC. The Morgan fingerprint density at radius 3 is 3.00 bits per heavy atom. The number of imidazole rings is 1. The van der Waals surface area contributed by atoms with Gasteiger partial charge in [-0.2, -0.15) is 0 Å². The van der Waals surface area contributed by atoms with Gasteiger partial charge in [-0.1, -0.05) is 12.8 Å². The normalized spacial score (nSPS) is 29.5. The zero-order valence-electron chi connectivity index (χ0n) is 15.0. The number of rotatable bonds is 5. The highest BCUT2D eigenvalue weighted by Crippen LogP contribution is 2.47. The number of aliphatic hydroxyl groups excluding tert-OH is 1. The van der Waals surface area contributed by atoms with E-state index < -0.39 is 36.5 Å². The largest absolute Gasteiger partial charge is 0.436 e. The molecule has 1 aliphatic rings. The number of hydrogen-bond donors (Lipinski definition) is 4. The Morgan fingerprint density at radius 1 is 1.61 bits per heavy atom. The van der Waals surface area contributed by atoms with Gasteiger partial charge in [0.25, 0.3) is 5.85 Å². The number of anilines is 1. The van der Waals surface area contributed by atoms with Crippen molar-refractivity contribution in [2.75, 3.05) is 18.9 Å². The molecule has 3 heterocycles. The van der Waals surface area contributed by atoms with Crippen molar-refractivity contribution in [1.29, 1.82) is 0 Å². The number of aliphatic hydroxyl groups is 2. The second kappa shape index (κ2) is 7.23. The molecule has 28 heavy (non-hydrogen) atoms. The minimum absolute atomic E-state index is 0.162. The Kier molecular flexibility index (Phi) is 5.12. The van der Waals surface area contributed by atoms with Crippen LogP contribution >= 0.6 is 0 Å². The molecule has 1 aliphatic heterocycles. The third kappa shape index (κ3) is 3.01. The summed E-state index contributed by atoms with van der Waals surface area (Å²) in [5, 5.41) is 22.9. The molecule has 0 aliphatic carbocycles. The number of alkyl carbamates (subject to hydrolysis) is 1. The number of fused-ring (bicyclic) bond motifs is 1. The van der Waals surface area contributed by atoms with E-state index in [-0.39, 0.29) is 17.7 Å². The lowest BCUT2D eigenvalue weighted by Gasteiger charge is -2.29. The predicted octanol–water partition coefficient (Wildman–Crippen LogP) is 0.0695. The highest BCUT2D eigenvalue weighted by Gasteiger charge is 2.67. The first-order valence-electron chi connectivity index (χ1n) is 8.50. The van der Waals surface area contributed by atoms with E-state index in [1.54, 1.807) is 0 Å². The summed E-state index contributed by atoms with van der Waals surface area (Å²) in [6, 6.07) is 1.51. The number of hydrogen-bond acceptors (Lipinski definition) is 8. The third-order valence-electron chi connectivity index (χ3n) is 4.41. The number of aromatic nitrogens is 3. The van der Waals surface area contributed by atoms with Crippen LogP contribution < -0.4 is 11.1 Å². The van der Waals surface area contributed by atoms with Gasteiger partial charge in [0.2, 0.25) is 11.7 Å². The summed E-state index contributed by atoms with van der Waals surface area (Å²) in [4.78, 5) is 20.1. The van der Waals surface area contributed by atoms with E-state index in [1.807, 2.05) is 12.8 Å². The van der Waals surface area contributed by atoms with E-state index in [4.69, 9.17) is 21.6 Å². The molecule has 1 fully saturated rings. The lowest BCUT2D eigenvalue weighted by atomic mass is 9.93. The lowest BCUT2D eigenvalue weighted by molar-refractivity contribution is -0.206. The molecule has 10 nitrogen and oxygen atoms in total. The van der Waals surface area contributed by atoms with Crippen LogP contribution in [0.5, 0.6) is 0 Å². The number of amides is 1. The number of nitrogens with zero attached hydrogens (tertiary/aromatic N) is 3. The molecule has 0 aromatic carbocycles. The predicted molar refractivity (Wildman–Crippen MR) is 95.3 cm³/mol. The monoisotopic (exact) mass is 393 g/mol. The molecular weight excluding hydrogens is 373 g/mol. The highest BCUT2D eigenvalue weighted by atomic mass is 19.2. The first-order chi connectivity index (χ1) is 13.3. The molecular formula is C17H20FN5O5. The van der Waals surface area contributed by atoms with E-state index in [2.05, 4.69) is 15.3 Å². The number of carbonyl (C=O) groups is 1. The summed E-state index contributed by atoms with van der Waals surface area (Å²) >= 11 is 0. The van der Waals surface area contributed by atoms with Gasteiger partial charge in [0.15, 0.2) is 11.9 Å². The van der Waals surface area contributed by atoms with Crippen molar-refractivity contribution in [3.8, 4) is 12.3 Å². The Labute approximate surface area is 159 Å². The molecule has 2 aromatic rings. The minimum atomic E-state index is -2.97. The quantitative estimate of drug-likeness (QED) is 0.522. The number of ether oxygens (including phenoxy) is 2. The van der Waals surface area contributed by atoms with Gasteiger partial charge in [0.1, 0.15) is 12.1 Å². The van der Waals surface area contributed by atoms with Gasteiger partial charge in [0, 0.05) is 12.7 Å². The zero-order valence-corrected chi connectivity index (χ0v) is 15.0. The van der Waals surface area contributed by atoms with Crippen molar-refractivity contribution in [3.63, 3.8) is 0 Å². The van der Waals surface area contributed by atoms with E-state index in [0.29, 0.717) is 12.1 Å². The Hall–Kier alpha value is -2.94. The molecule has 1 saturated heterocycles. The summed E-state index contributed by atoms with van der Waals surface area (Å²) in [6.07, 6.45) is 4.03. The second-order valence-corrected chi connectivity index (χ2v) is 6.32. The van der Waals surface area contributed by atoms with Crippen LogP contribution in [-0.4, -0.2) is 61.6 Å². The smallest absolute Gasteiger partial charge is 0.407 e. The van der Waals surface area contributed by atoms with Gasteiger partial charge >= 0.3 is 6.09 Å². The van der Waals surface area contributed by atoms with E-state index >= 15 is 4.39 Å². The Bertz CT molecular complexity index is 930. The van der Waals surface area contributed by atoms with E-state index in [0.717, 1.165) is 0 Å². The van der Waals surface area contributed by atoms with Crippen LogP contribution in [0.2, 0.25) is 0 Å². The maximum Gasteiger partial charge on any atom is 0.407 e. The molecule has 0 radical (unpaired) electrons. The van der Waals surface area contributed by atoms with Crippen LogP contribution in [0.4, 0.5) is 14.9 Å². The van der Waals surface area contributed by atoms with Crippen molar-refractivity contribution < 1.29 is 28.9 Å². The average Bonchev–Trinajstić information content (AvgIpc) is 3.21. The number of halogens is 1. The topological polar surface area (TPSA) is 145 Å². The fraction of sp³-hybridized carbons (Fsp3) is 0.471. The molecule has 4 atom stereocenters. The van der Waals surface area contributed by atoms with Crippen molar-refractivity contribution in [1.82, 2.24) is 19.9 Å². The van der Waals surface area contributed by atoms with Crippen molar-refractivity contribution in [2.45, 2.75) is 37.1 Å². The van der Waals surface area contributed by atoms with E-state index in [9.17, 15) is 15.0 Å². The first-order valence-corrected chi connectivity index (χ1v) is 8.50. The van der Waals surface area contributed by atoms with Crippen LogP contribution in [0, 0.1) is 12.3 Å². The zero-order chi connectivity index (χ0) is 20.5. The molecule has 0 saturated carbocycles. The summed E-state index contributed by atoms with van der Waals surface area (Å²) in [6.45, 7) is 0.849. The summed E-state index contributed by atoms with van der Waals surface area (Å²) in [7, 11) is 0. The number of pyridine rings is 1. The Balaban J connectivity index is 2.04. The fourth-order valence-corrected chi connectivity index (χ4v) is 3.01. The van der Waals surface area contributed by atoms with Crippen molar-refractivity contribution in [2.24, 2.45) is 0 Å². The highest BCUT2D eigenvalue weighted by molar-refractivity contribution is 5.83. The molecule has 1 amide bonds. The maximum atomic E-state index is 15.3. The van der Waals surface area contributed by atoms with Crippen LogP contribution in [0.15, 0.2) is 18.6 Å². The first kappa shape index (κ1) is 19.8. The lowest BCUT2D eigenvalue weighted by Crippen LogP contribution is -2.53. The molecule has 2 aromatic heterocycles. The van der Waals surface area contributed by atoms with Gasteiger partial charge in [0.05, 0.1) is 12.0 Å². The number of nitrogen functional groups attached to an aromatic ring is 1. The molecule has 3 rings (SSSR count). The average molecular weight is 393 g/mol. The van der Waals surface area contributed by atoms with Crippen molar-refractivity contribution >= 4 is 22.9 Å². The molecule has 150 valence electrons. The van der Waals surface area contributed by atoms with Crippen LogP contribution in [0.1, 0.15) is 19.6 Å². The second-order valence-electron chi connectivity index (χ2n) is 6.32. The maximum absolute atomic E-state index is 15.3. The van der Waals surface area contributed by atoms with Crippen LogP contribution in [0.3, 0.4) is 0 Å². The van der Waals surface area contributed by atoms with Gasteiger partial charge < -0.3 is 30.7 Å². The number of terminal acetylenes is 1. The molecule has 0 bridgehead atoms. The summed E-state index contributed by atoms with van der Waals surface area (Å²) < 4.78 is 26.7. The van der Waals surface area contributed by atoms with Crippen LogP contribution in [-0.2, 0) is 9.47 Å². The number of nitrogens with two attached hydrogens (primary N) is 1. The fourth-order valence-electron chi connectivity index (χ4n) is 3.01. The van der Waals surface area contributed by atoms with Gasteiger partial charge in [-0.15, -0.1) is 6.42 Å². The van der Waals surface area contributed by atoms with Gasteiger partial charge in [-0.05, 0) is 12.5 Å². The number of carbonyl (C=O) groups excluding carboxylic acids is 1. The van der Waals surface area contributed by atoms with E-state index in [1.165, 1.54) is 23.2 Å². The molecule has 11 heteroatoms. The van der Waals surface area contributed by atoms with Gasteiger partial charge in [-0.25, -0.2) is 19.2 Å². The number of nitrogens with one attached hydrogen (secondary N) is 1. The molecule has 0 spiro atoms. The minimum Gasteiger partial charge on any atom is -0.436 e.